The Morgan fingerprint density at radius 1 is 1.29 bits per heavy atom. The Morgan fingerprint density at radius 2 is 2.08 bits per heavy atom. The lowest BCUT2D eigenvalue weighted by molar-refractivity contribution is 0.285. The Hall–Kier alpha value is -1.81. The molecule has 0 N–H and O–H groups in total. The average molecular weight is 332 g/mol. The zero-order chi connectivity index (χ0) is 17.8. The van der Waals surface area contributed by atoms with E-state index in [0.717, 1.165) is 43.8 Å². The third-order valence-electron chi connectivity index (χ3n) is 3.98. The van der Waals surface area contributed by atoms with Crippen molar-refractivity contribution in [2.24, 2.45) is 5.10 Å². The van der Waals surface area contributed by atoms with Crippen LogP contribution in [0.15, 0.2) is 52.5 Å². The topological polar surface area (TPSA) is 28.1 Å². The number of likely N-dealkylation sites (N-methyl/N-ethyl adjacent to an activating group) is 1. The highest BCUT2D eigenvalue weighted by atomic mass is 16.5. The fraction of sp³-hybridized carbons (Fsp3) is 0.550. The quantitative estimate of drug-likeness (QED) is 0.440. The first-order chi connectivity index (χ1) is 11.6. The standard InChI is InChI=1S/C20H33N3O/c1-6-14-23(8-3)17-18(7-2)16-22(4)21-15-19-10-9-11-20(24-5)13-12-19/h9-10,12-13,15-16H,6-8,11,14,17H2,1-5H3/b18-16+,21-15+. The van der Waals surface area contributed by atoms with Crippen LogP contribution in [-0.2, 0) is 4.74 Å². The van der Waals surface area contributed by atoms with Gasteiger partial charge in [-0.3, -0.25) is 9.91 Å². The van der Waals surface area contributed by atoms with Gasteiger partial charge in [0.05, 0.1) is 19.1 Å². The molecule has 1 rings (SSSR count). The molecule has 0 bridgehead atoms. The summed E-state index contributed by atoms with van der Waals surface area (Å²) in [7, 11) is 3.69. The summed E-state index contributed by atoms with van der Waals surface area (Å²) in [5.41, 5.74) is 2.47. The number of ether oxygens (including phenoxy) is 1. The van der Waals surface area contributed by atoms with Gasteiger partial charge in [0.25, 0.3) is 0 Å². The summed E-state index contributed by atoms with van der Waals surface area (Å²) in [4.78, 5) is 2.47. The van der Waals surface area contributed by atoms with E-state index in [9.17, 15) is 0 Å². The maximum absolute atomic E-state index is 5.28. The van der Waals surface area contributed by atoms with Crippen molar-refractivity contribution >= 4 is 6.21 Å². The van der Waals surface area contributed by atoms with Crippen molar-refractivity contribution in [1.29, 1.82) is 0 Å². The highest BCUT2D eigenvalue weighted by molar-refractivity contribution is 5.82. The third kappa shape index (κ3) is 7.64. The fourth-order valence-corrected chi connectivity index (χ4v) is 2.51. The van der Waals surface area contributed by atoms with Crippen LogP contribution in [0.1, 0.15) is 40.0 Å². The first-order valence-corrected chi connectivity index (χ1v) is 8.92. The first-order valence-electron chi connectivity index (χ1n) is 8.92. The van der Waals surface area contributed by atoms with Crippen LogP contribution in [0.2, 0.25) is 0 Å². The summed E-state index contributed by atoms with van der Waals surface area (Å²) >= 11 is 0. The van der Waals surface area contributed by atoms with E-state index in [4.69, 9.17) is 4.74 Å². The van der Waals surface area contributed by atoms with Crippen LogP contribution in [0, 0.1) is 0 Å². The zero-order valence-corrected chi connectivity index (χ0v) is 16.0. The fourth-order valence-electron chi connectivity index (χ4n) is 2.51. The van der Waals surface area contributed by atoms with Crippen LogP contribution >= 0.6 is 0 Å². The smallest absolute Gasteiger partial charge is 0.0993 e. The first kappa shape index (κ1) is 20.2. The number of nitrogens with zero attached hydrogens (tertiary/aromatic N) is 3. The molecular formula is C20H33N3O. The highest BCUT2D eigenvalue weighted by Gasteiger charge is 2.04. The Kier molecular flexibility index (Phi) is 9.85. The molecule has 0 saturated carbocycles. The predicted octanol–water partition coefficient (Wildman–Crippen LogP) is 4.35. The van der Waals surface area contributed by atoms with Crippen molar-refractivity contribution in [3.63, 3.8) is 0 Å². The Bertz CT molecular complexity index is 515. The molecule has 0 spiro atoms. The van der Waals surface area contributed by atoms with E-state index >= 15 is 0 Å². The second kappa shape index (κ2) is 11.7. The minimum atomic E-state index is 0.824. The van der Waals surface area contributed by atoms with Gasteiger partial charge < -0.3 is 4.74 Å². The minimum absolute atomic E-state index is 0.824. The summed E-state index contributed by atoms with van der Waals surface area (Å²) in [6, 6.07) is 0. The highest BCUT2D eigenvalue weighted by Crippen LogP contribution is 2.11. The molecule has 0 heterocycles. The molecule has 0 unspecified atom stereocenters. The van der Waals surface area contributed by atoms with Gasteiger partial charge in [-0.1, -0.05) is 39.0 Å². The Morgan fingerprint density at radius 3 is 2.71 bits per heavy atom. The van der Waals surface area contributed by atoms with Crippen LogP contribution in [0.25, 0.3) is 0 Å². The number of hydrazone groups is 1. The molecule has 24 heavy (non-hydrogen) atoms. The monoisotopic (exact) mass is 331 g/mol. The van der Waals surface area contributed by atoms with Gasteiger partial charge >= 0.3 is 0 Å². The number of hydrogen-bond donors (Lipinski definition) is 0. The van der Waals surface area contributed by atoms with Crippen LogP contribution in [0.3, 0.4) is 0 Å². The molecule has 134 valence electrons. The largest absolute Gasteiger partial charge is 0.501 e. The average Bonchev–Trinajstić information content (AvgIpc) is 2.83. The SMILES string of the molecule is CCCN(CC)C/C(=C/N(C)/N=C/C1=CC=C(OC)CC=C1)CC. The molecule has 4 nitrogen and oxygen atoms in total. The molecule has 0 amide bonds. The van der Waals surface area contributed by atoms with Gasteiger partial charge in [-0.15, -0.1) is 0 Å². The van der Waals surface area contributed by atoms with Crippen molar-refractivity contribution in [1.82, 2.24) is 9.91 Å². The third-order valence-corrected chi connectivity index (χ3v) is 3.98. The minimum Gasteiger partial charge on any atom is -0.501 e. The van der Waals surface area contributed by atoms with Crippen molar-refractivity contribution in [2.45, 2.75) is 40.0 Å². The molecule has 0 fully saturated rings. The molecule has 0 aliphatic heterocycles. The lowest BCUT2D eigenvalue weighted by Crippen LogP contribution is -2.27. The molecule has 1 aliphatic rings. The maximum atomic E-state index is 5.28. The van der Waals surface area contributed by atoms with Gasteiger partial charge in [-0.05, 0) is 43.2 Å². The van der Waals surface area contributed by atoms with E-state index in [1.54, 1.807) is 7.11 Å². The number of rotatable bonds is 10. The number of allylic oxidation sites excluding steroid dienone is 5. The summed E-state index contributed by atoms with van der Waals surface area (Å²) in [6.45, 7) is 9.90. The summed E-state index contributed by atoms with van der Waals surface area (Å²) in [5.74, 6) is 0.965. The molecule has 1 aliphatic carbocycles. The number of methoxy groups -OCH3 is 1. The van der Waals surface area contributed by atoms with Crippen molar-refractivity contribution in [3.05, 3.63) is 47.4 Å². The Labute approximate surface area is 147 Å². The second-order valence-corrected chi connectivity index (χ2v) is 5.94. The zero-order valence-electron chi connectivity index (χ0n) is 16.0. The van der Waals surface area contributed by atoms with Gasteiger partial charge in [-0.25, -0.2) is 0 Å². The Balaban J connectivity index is 2.69. The van der Waals surface area contributed by atoms with Crippen LogP contribution in [0.5, 0.6) is 0 Å². The van der Waals surface area contributed by atoms with Crippen molar-refractivity contribution < 1.29 is 4.74 Å². The second-order valence-electron chi connectivity index (χ2n) is 5.94. The van der Waals surface area contributed by atoms with Gasteiger partial charge in [0.2, 0.25) is 0 Å². The molecule has 0 atom stereocenters. The van der Waals surface area contributed by atoms with E-state index in [-0.39, 0.29) is 0 Å². The van der Waals surface area contributed by atoms with Crippen LogP contribution in [-0.4, -0.2) is 49.9 Å². The van der Waals surface area contributed by atoms with Gasteiger partial charge in [0.15, 0.2) is 0 Å². The molecule has 0 aromatic rings. The van der Waals surface area contributed by atoms with Gasteiger partial charge in [-0.2, -0.15) is 5.10 Å². The summed E-state index contributed by atoms with van der Waals surface area (Å²) in [5, 5.41) is 6.43. The van der Waals surface area contributed by atoms with E-state index in [1.807, 2.05) is 30.4 Å². The summed E-state index contributed by atoms with van der Waals surface area (Å²) in [6.07, 6.45) is 15.3. The summed E-state index contributed by atoms with van der Waals surface area (Å²) < 4.78 is 5.28. The normalized spacial score (nSPS) is 15.5. The molecule has 0 radical (unpaired) electrons. The number of hydrogen-bond acceptors (Lipinski definition) is 4. The van der Waals surface area contributed by atoms with E-state index in [0.29, 0.717) is 0 Å². The predicted molar refractivity (Wildman–Crippen MR) is 104 cm³/mol. The molecular weight excluding hydrogens is 298 g/mol. The van der Waals surface area contributed by atoms with E-state index in [1.165, 1.54) is 12.0 Å². The lowest BCUT2D eigenvalue weighted by Gasteiger charge is -2.21. The lowest BCUT2D eigenvalue weighted by atomic mass is 10.2. The van der Waals surface area contributed by atoms with Gasteiger partial charge in [0.1, 0.15) is 0 Å². The maximum Gasteiger partial charge on any atom is 0.0993 e. The van der Waals surface area contributed by atoms with Gasteiger partial charge in [0, 0.05) is 26.2 Å². The molecule has 4 heteroatoms. The van der Waals surface area contributed by atoms with E-state index in [2.05, 4.69) is 49.1 Å². The molecule has 0 aromatic carbocycles. The van der Waals surface area contributed by atoms with Crippen LogP contribution < -0.4 is 0 Å². The van der Waals surface area contributed by atoms with E-state index < -0.39 is 0 Å². The van der Waals surface area contributed by atoms with Crippen molar-refractivity contribution in [3.8, 4) is 0 Å². The molecule has 0 saturated heterocycles. The molecule has 0 aromatic heterocycles. The van der Waals surface area contributed by atoms with Crippen molar-refractivity contribution in [2.75, 3.05) is 33.8 Å². The van der Waals surface area contributed by atoms with Crippen LogP contribution in [0.4, 0.5) is 0 Å².